The summed E-state index contributed by atoms with van der Waals surface area (Å²) in [6, 6.07) is 22.2. The normalized spacial score (nSPS) is 19.8. The molecule has 0 spiro atoms. The van der Waals surface area contributed by atoms with Gasteiger partial charge in [0.05, 0.1) is 11.8 Å². The Kier molecular flexibility index (Phi) is 4.53. The van der Waals surface area contributed by atoms with Gasteiger partial charge in [-0.1, -0.05) is 53.5 Å². The first kappa shape index (κ1) is 18.2. The highest BCUT2D eigenvalue weighted by Crippen LogP contribution is 2.43. The first-order valence-electron chi connectivity index (χ1n) is 9.27. The molecule has 2 atom stereocenters. The summed E-state index contributed by atoms with van der Waals surface area (Å²) < 4.78 is 6.11. The SMILES string of the molecule is O=C(c1ccc(Cl)cc1)[C@H]1Oc2ccccc2[C@H]2CC(c3ccc(Cl)cc3)=NN12. The predicted octanol–water partition coefficient (Wildman–Crippen LogP) is 5.75. The lowest BCUT2D eigenvalue weighted by Crippen LogP contribution is -2.45. The van der Waals surface area contributed by atoms with Crippen LogP contribution in [0.1, 0.15) is 33.9 Å². The Morgan fingerprint density at radius 3 is 2.31 bits per heavy atom. The molecule has 0 aliphatic carbocycles. The van der Waals surface area contributed by atoms with E-state index in [1.807, 2.05) is 48.5 Å². The zero-order valence-corrected chi connectivity index (χ0v) is 16.8. The van der Waals surface area contributed by atoms with Gasteiger partial charge in [0.15, 0.2) is 0 Å². The van der Waals surface area contributed by atoms with Crippen molar-refractivity contribution in [2.24, 2.45) is 5.10 Å². The lowest BCUT2D eigenvalue weighted by atomic mass is 9.96. The van der Waals surface area contributed by atoms with E-state index in [4.69, 9.17) is 33.0 Å². The Morgan fingerprint density at radius 2 is 1.59 bits per heavy atom. The molecule has 0 fully saturated rings. The number of ether oxygens (including phenoxy) is 1. The molecule has 0 radical (unpaired) electrons. The van der Waals surface area contributed by atoms with E-state index in [0.717, 1.165) is 16.8 Å². The Balaban J connectivity index is 1.55. The van der Waals surface area contributed by atoms with E-state index < -0.39 is 6.23 Å². The second-order valence-corrected chi connectivity index (χ2v) is 7.91. The largest absolute Gasteiger partial charge is 0.461 e. The van der Waals surface area contributed by atoms with Gasteiger partial charge in [-0.3, -0.25) is 4.79 Å². The number of halogens is 2. The molecule has 2 aliphatic heterocycles. The van der Waals surface area contributed by atoms with Crippen LogP contribution in [0.3, 0.4) is 0 Å². The summed E-state index contributed by atoms with van der Waals surface area (Å²) in [5.74, 6) is 0.566. The third-order valence-corrected chi connectivity index (χ3v) is 5.73. The molecule has 144 valence electrons. The van der Waals surface area contributed by atoms with Crippen LogP contribution >= 0.6 is 23.2 Å². The molecule has 2 heterocycles. The van der Waals surface area contributed by atoms with Gasteiger partial charge in [-0.15, -0.1) is 0 Å². The molecule has 3 aromatic carbocycles. The molecule has 29 heavy (non-hydrogen) atoms. The maximum Gasteiger partial charge on any atom is 0.251 e. The van der Waals surface area contributed by atoms with Crippen LogP contribution in [-0.2, 0) is 0 Å². The van der Waals surface area contributed by atoms with Crippen molar-refractivity contribution in [3.63, 3.8) is 0 Å². The van der Waals surface area contributed by atoms with Gasteiger partial charge >= 0.3 is 0 Å². The number of fused-ring (bicyclic) bond motifs is 3. The van der Waals surface area contributed by atoms with E-state index in [-0.39, 0.29) is 11.8 Å². The second kappa shape index (κ2) is 7.21. The molecule has 6 heteroatoms. The highest BCUT2D eigenvalue weighted by atomic mass is 35.5. The number of benzene rings is 3. The zero-order chi connectivity index (χ0) is 20.0. The van der Waals surface area contributed by atoms with Gasteiger partial charge in [-0.25, -0.2) is 5.01 Å². The van der Waals surface area contributed by atoms with E-state index in [1.165, 1.54) is 0 Å². The number of hydrogen-bond donors (Lipinski definition) is 0. The summed E-state index contributed by atoms with van der Waals surface area (Å²) in [5.41, 5.74) is 3.45. The smallest absolute Gasteiger partial charge is 0.251 e. The maximum absolute atomic E-state index is 13.3. The van der Waals surface area contributed by atoms with Crippen molar-refractivity contribution in [2.75, 3.05) is 0 Å². The van der Waals surface area contributed by atoms with Gasteiger partial charge < -0.3 is 4.74 Å². The Labute approximate surface area is 178 Å². The van der Waals surface area contributed by atoms with Crippen LogP contribution < -0.4 is 4.74 Å². The van der Waals surface area contributed by atoms with Crippen LogP contribution in [0, 0.1) is 0 Å². The maximum atomic E-state index is 13.3. The van der Waals surface area contributed by atoms with Gasteiger partial charge in [-0.2, -0.15) is 5.10 Å². The standard InChI is InChI=1S/C23H16Cl2N2O2/c24-16-9-5-14(6-10-16)19-13-20-18-3-1-2-4-21(18)29-23(27(20)26-19)22(28)15-7-11-17(25)12-8-15/h1-12,20,23H,13H2/t20-,23-/m1/s1. The van der Waals surface area contributed by atoms with E-state index in [0.29, 0.717) is 27.8 Å². The summed E-state index contributed by atoms with van der Waals surface area (Å²) in [6.45, 7) is 0. The number of para-hydroxylation sites is 1. The van der Waals surface area contributed by atoms with Crippen molar-refractivity contribution in [1.82, 2.24) is 5.01 Å². The van der Waals surface area contributed by atoms with Crippen molar-refractivity contribution in [3.05, 3.63) is 99.5 Å². The van der Waals surface area contributed by atoms with Crippen molar-refractivity contribution >= 4 is 34.7 Å². The van der Waals surface area contributed by atoms with E-state index in [1.54, 1.807) is 29.3 Å². The quantitative estimate of drug-likeness (QED) is 0.504. The molecule has 3 aromatic rings. The molecule has 0 saturated carbocycles. The molecule has 0 bridgehead atoms. The monoisotopic (exact) mass is 422 g/mol. The first-order valence-corrected chi connectivity index (χ1v) is 10.0. The number of hydrogen-bond acceptors (Lipinski definition) is 4. The summed E-state index contributed by atoms with van der Waals surface area (Å²) in [4.78, 5) is 13.3. The van der Waals surface area contributed by atoms with Crippen LogP contribution in [0.5, 0.6) is 5.75 Å². The highest BCUT2D eigenvalue weighted by molar-refractivity contribution is 6.31. The van der Waals surface area contributed by atoms with Gasteiger partial charge in [0.25, 0.3) is 6.23 Å². The topological polar surface area (TPSA) is 41.9 Å². The number of nitrogens with zero attached hydrogens (tertiary/aromatic N) is 2. The third kappa shape index (κ3) is 3.28. The fraction of sp³-hybridized carbons (Fsp3) is 0.130. The average molecular weight is 423 g/mol. The fourth-order valence-corrected chi connectivity index (χ4v) is 4.03. The van der Waals surface area contributed by atoms with Gasteiger partial charge in [-0.05, 0) is 48.0 Å². The van der Waals surface area contributed by atoms with E-state index in [2.05, 4.69) is 0 Å². The third-order valence-electron chi connectivity index (χ3n) is 5.23. The average Bonchev–Trinajstić information content (AvgIpc) is 3.19. The van der Waals surface area contributed by atoms with Crippen molar-refractivity contribution < 1.29 is 9.53 Å². The van der Waals surface area contributed by atoms with Crippen molar-refractivity contribution in [1.29, 1.82) is 0 Å². The zero-order valence-electron chi connectivity index (χ0n) is 15.3. The summed E-state index contributed by atoms with van der Waals surface area (Å²) in [5, 5.41) is 7.83. The molecular weight excluding hydrogens is 407 g/mol. The molecular formula is C23H16Cl2N2O2. The molecule has 2 aliphatic rings. The Bertz CT molecular complexity index is 1110. The van der Waals surface area contributed by atoms with E-state index >= 15 is 0 Å². The minimum Gasteiger partial charge on any atom is -0.461 e. The molecule has 0 unspecified atom stereocenters. The minimum absolute atomic E-state index is 0.0631. The summed E-state index contributed by atoms with van der Waals surface area (Å²) >= 11 is 12.0. The molecule has 0 amide bonds. The molecule has 0 saturated heterocycles. The molecule has 4 nitrogen and oxygen atoms in total. The van der Waals surface area contributed by atoms with Gasteiger partial charge in [0, 0.05) is 27.6 Å². The van der Waals surface area contributed by atoms with Crippen LogP contribution in [0.4, 0.5) is 0 Å². The Morgan fingerprint density at radius 1 is 0.931 bits per heavy atom. The van der Waals surface area contributed by atoms with Crippen LogP contribution in [-0.4, -0.2) is 22.7 Å². The van der Waals surface area contributed by atoms with Gasteiger partial charge in [0.2, 0.25) is 5.78 Å². The molecule has 5 rings (SSSR count). The molecule has 0 N–H and O–H groups in total. The number of carbonyl (C=O) groups is 1. The molecule has 0 aromatic heterocycles. The summed E-state index contributed by atoms with van der Waals surface area (Å²) in [6.07, 6.45) is -0.146. The number of rotatable bonds is 3. The second-order valence-electron chi connectivity index (χ2n) is 7.03. The number of carbonyl (C=O) groups excluding carboxylic acids is 1. The summed E-state index contributed by atoms with van der Waals surface area (Å²) in [7, 11) is 0. The van der Waals surface area contributed by atoms with Crippen molar-refractivity contribution in [3.8, 4) is 5.75 Å². The predicted molar refractivity (Wildman–Crippen MR) is 114 cm³/mol. The van der Waals surface area contributed by atoms with Crippen LogP contribution in [0.2, 0.25) is 10.0 Å². The van der Waals surface area contributed by atoms with Crippen LogP contribution in [0.15, 0.2) is 77.9 Å². The van der Waals surface area contributed by atoms with Crippen molar-refractivity contribution in [2.45, 2.75) is 18.7 Å². The Hall–Kier alpha value is -2.82. The number of ketones is 1. The number of Topliss-reactive ketones (excluding diaryl/α,β-unsaturated/α-hetero) is 1. The minimum atomic E-state index is -0.833. The lowest BCUT2D eigenvalue weighted by molar-refractivity contribution is -0.00455. The first-order chi connectivity index (χ1) is 14.1. The van der Waals surface area contributed by atoms with Crippen LogP contribution in [0.25, 0.3) is 0 Å². The fourth-order valence-electron chi connectivity index (χ4n) is 3.78. The lowest BCUT2D eigenvalue weighted by Gasteiger charge is -2.37. The van der Waals surface area contributed by atoms with E-state index in [9.17, 15) is 4.79 Å². The van der Waals surface area contributed by atoms with Gasteiger partial charge in [0.1, 0.15) is 5.75 Å². The number of hydrazone groups is 1. The highest BCUT2D eigenvalue weighted by Gasteiger charge is 2.43.